The van der Waals surface area contributed by atoms with Gasteiger partial charge in [0, 0.05) is 25.7 Å². The van der Waals surface area contributed by atoms with Crippen LogP contribution in [0.4, 0.5) is 5.82 Å². The first kappa shape index (κ1) is 12.3. The first-order valence-corrected chi connectivity index (χ1v) is 5.35. The van der Waals surface area contributed by atoms with Gasteiger partial charge in [-0.1, -0.05) is 6.08 Å². The van der Waals surface area contributed by atoms with E-state index in [1.165, 1.54) is 15.2 Å². The topological polar surface area (TPSA) is 56.0 Å². The molecule has 0 fully saturated rings. The highest BCUT2D eigenvalue weighted by molar-refractivity contribution is 5.34. The number of rotatable bonds is 5. The molecule has 16 heavy (non-hydrogen) atoms. The zero-order valence-corrected chi connectivity index (χ0v) is 9.69. The molecule has 0 saturated heterocycles. The Balaban J connectivity index is 3.35. The molecule has 0 aromatic carbocycles. The van der Waals surface area contributed by atoms with E-state index in [1.807, 2.05) is 6.92 Å². The van der Waals surface area contributed by atoms with Gasteiger partial charge in [0.25, 0.3) is 5.56 Å². The van der Waals surface area contributed by atoms with Gasteiger partial charge in [-0.05, 0) is 13.8 Å². The third-order valence-electron chi connectivity index (χ3n) is 2.34. The summed E-state index contributed by atoms with van der Waals surface area (Å²) < 4.78 is 2.75. The normalized spacial score (nSPS) is 10.1. The van der Waals surface area contributed by atoms with Gasteiger partial charge in [0.05, 0.1) is 0 Å². The Morgan fingerprint density at radius 1 is 1.31 bits per heavy atom. The molecule has 0 amide bonds. The molecule has 0 bridgehead atoms. The van der Waals surface area contributed by atoms with Crippen LogP contribution in [-0.2, 0) is 13.1 Å². The Hall–Kier alpha value is -1.78. The van der Waals surface area contributed by atoms with E-state index < -0.39 is 0 Å². The van der Waals surface area contributed by atoms with Crippen LogP contribution < -0.4 is 16.6 Å². The molecule has 0 aliphatic heterocycles. The summed E-state index contributed by atoms with van der Waals surface area (Å²) in [6.07, 6.45) is 1.68. The lowest BCUT2D eigenvalue weighted by Gasteiger charge is -2.13. The summed E-state index contributed by atoms with van der Waals surface area (Å²) in [5, 5.41) is 2.98. The van der Waals surface area contributed by atoms with E-state index >= 15 is 0 Å². The quantitative estimate of drug-likeness (QED) is 0.746. The van der Waals surface area contributed by atoms with Crippen LogP contribution in [0.1, 0.15) is 13.8 Å². The summed E-state index contributed by atoms with van der Waals surface area (Å²) >= 11 is 0. The summed E-state index contributed by atoms with van der Waals surface area (Å²) in [4.78, 5) is 23.5. The molecule has 1 aromatic rings. The number of aromatic nitrogens is 2. The van der Waals surface area contributed by atoms with E-state index in [2.05, 4.69) is 11.9 Å². The predicted octanol–water partition coefficient (Wildman–Crippen LogP) is 0.648. The van der Waals surface area contributed by atoms with Crippen molar-refractivity contribution >= 4 is 5.82 Å². The third kappa shape index (κ3) is 2.24. The second-order valence-electron chi connectivity index (χ2n) is 3.31. The molecule has 0 saturated carbocycles. The Morgan fingerprint density at radius 3 is 2.44 bits per heavy atom. The van der Waals surface area contributed by atoms with Crippen LogP contribution in [0.3, 0.4) is 0 Å². The Morgan fingerprint density at radius 2 is 1.94 bits per heavy atom. The van der Waals surface area contributed by atoms with E-state index in [9.17, 15) is 9.59 Å². The monoisotopic (exact) mass is 223 g/mol. The van der Waals surface area contributed by atoms with Crippen LogP contribution in [0.5, 0.6) is 0 Å². The maximum atomic E-state index is 11.9. The molecule has 0 aliphatic carbocycles. The fourth-order valence-electron chi connectivity index (χ4n) is 1.54. The molecule has 1 rings (SSSR count). The largest absolute Gasteiger partial charge is 0.368 e. The van der Waals surface area contributed by atoms with Gasteiger partial charge in [0.2, 0.25) is 0 Å². The molecule has 0 radical (unpaired) electrons. The summed E-state index contributed by atoms with van der Waals surface area (Å²) in [7, 11) is 0. The van der Waals surface area contributed by atoms with E-state index in [4.69, 9.17) is 0 Å². The fourth-order valence-corrected chi connectivity index (χ4v) is 1.54. The minimum atomic E-state index is -0.274. The van der Waals surface area contributed by atoms with Crippen molar-refractivity contribution in [3.63, 3.8) is 0 Å². The summed E-state index contributed by atoms with van der Waals surface area (Å²) in [5.41, 5.74) is -0.548. The van der Waals surface area contributed by atoms with Crippen LogP contribution in [0.15, 0.2) is 28.3 Å². The number of hydrogen-bond acceptors (Lipinski definition) is 3. The Labute approximate surface area is 94.0 Å². The number of anilines is 1. The van der Waals surface area contributed by atoms with E-state index in [0.717, 1.165) is 0 Å². The molecule has 5 heteroatoms. The van der Waals surface area contributed by atoms with Crippen LogP contribution in [-0.4, -0.2) is 15.7 Å². The molecule has 0 unspecified atom stereocenters. The molecule has 0 aliphatic rings. The Bertz CT molecular complexity index is 485. The minimum absolute atomic E-state index is 0.274. The second kappa shape index (κ2) is 5.34. The number of nitrogens with one attached hydrogen (secondary N) is 1. The zero-order valence-electron chi connectivity index (χ0n) is 9.69. The molecule has 5 nitrogen and oxygen atoms in total. The Kier molecular flexibility index (Phi) is 4.10. The maximum Gasteiger partial charge on any atom is 0.332 e. The van der Waals surface area contributed by atoms with Crippen molar-refractivity contribution in [3.05, 3.63) is 39.6 Å². The highest BCUT2D eigenvalue weighted by atomic mass is 16.2. The highest BCUT2D eigenvalue weighted by Crippen LogP contribution is 2.00. The van der Waals surface area contributed by atoms with Crippen molar-refractivity contribution in [3.8, 4) is 0 Å². The van der Waals surface area contributed by atoms with E-state index in [-0.39, 0.29) is 11.2 Å². The predicted molar refractivity (Wildman–Crippen MR) is 65.0 cm³/mol. The van der Waals surface area contributed by atoms with Gasteiger partial charge in [-0.15, -0.1) is 6.58 Å². The van der Waals surface area contributed by atoms with Crippen molar-refractivity contribution in [1.29, 1.82) is 0 Å². The van der Waals surface area contributed by atoms with Crippen molar-refractivity contribution in [2.24, 2.45) is 0 Å². The van der Waals surface area contributed by atoms with Crippen LogP contribution >= 0.6 is 0 Å². The molecular formula is C11H17N3O2. The molecule has 88 valence electrons. The molecule has 1 aromatic heterocycles. The highest BCUT2D eigenvalue weighted by Gasteiger charge is 2.07. The standard InChI is InChI=1S/C11H17N3O2/c1-4-7-12-9-8-10(15)14(6-3)11(16)13(9)5-2/h4,8,12H,1,5-7H2,2-3H3. The average Bonchev–Trinajstić information content (AvgIpc) is 2.26. The van der Waals surface area contributed by atoms with Crippen LogP contribution in [0.25, 0.3) is 0 Å². The van der Waals surface area contributed by atoms with Crippen molar-refractivity contribution < 1.29 is 0 Å². The summed E-state index contributed by atoms with van der Waals surface area (Å²) in [6.45, 7) is 8.66. The maximum absolute atomic E-state index is 11.9. The fraction of sp³-hybridized carbons (Fsp3) is 0.455. The third-order valence-corrected chi connectivity index (χ3v) is 2.34. The van der Waals surface area contributed by atoms with Gasteiger partial charge in [-0.25, -0.2) is 4.79 Å². The number of nitrogens with zero attached hydrogens (tertiary/aromatic N) is 2. The minimum Gasteiger partial charge on any atom is -0.368 e. The summed E-state index contributed by atoms with van der Waals surface area (Å²) in [6, 6.07) is 1.44. The second-order valence-corrected chi connectivity index (χ2v) is 3.31. The van der Waals surface area contributed by atoms with Gasteiger partial charge in [-0.2, -0.15) is 0 Å². The SMILES string of the molecule is C=CCNc1cc(=O)n(CC)c(=O)n1CC. The summed E-state index contributed by atoms with van der Waals surface area (Å²) in [5.74, 6) is 0.544. The van der Waals surface area contributed by atoms with E-state index in [1.54, 1.807) is 13.0 Å². The number of hydrogen-bond donors (Lipinski definition) is 1. The first-order valence-electron chi connectivity index (χ1n) is 5.35. The lowest BCUT2D eigenvalue weighted by atomic mass is 10.4. The average molecular weight is 223 g/mol. The van der Waals surface area contributed by atoms with Crippen molar-refractivity contribution in [2.75, 3.05) is 11.9 Å². The van der Waals surface area contributed by atoms with Gasteiger partial charge in [-0.3, -0.25) is 13.9 Å². The smallest absolute Gasteiger partial charge is 0.332 e. The lowest BCUT2D eigenvalue weighted by molar-refractivity contribution is 0.592. The molecular weight excluding hydrogens is 206 g/mol. The van der Waals surface area contributed by atoms with Crippen molar-refractivity contribution in [1.82, 2.24) is 9.13 Å². The molecule has 1 heterocycles. The van der Waals surface area contributed by atoms with Gasteiger partial charge in [0.1, 0.15) is 5.82 Å². The lowest BCUT2D eigenvalue weighted by Crippen LogP contribution is -2.39. The van der Waals surface area contributed by atoms with Crippen molar-refractivity contribution in [2.45, 2.75) is 26.9 Å². The molecule has 0 atom stereocenters. The van der Waals surface area contributed by atoms with Gasteiger partial charge in [0.15, 0.2) is 0 Å². The molecule has 1 N–H and O–H groups in total. The van der Waals surface area contributed by atoms with Gasteiger partial charge >= 0.3 is 5.69 Å². The van der Waals surface area contributed by atoms with Gasteiger partial charge < -0.3 is 5.32 Å². The first-order chi connectivity index (χ1) is 7.65. The molecule has 0 spiro atoms. The van der Waals surface area contributed by atoms with E-state index in [0.29, 0.717) is 25.5 Å². The zero-order chi connectivity index (χ0) is 12.1. The van der Waals surface area contributed by atoms with Crippen LogP contribution in [0.2, 0.25) is 0 Å². The van der Waals surface area contributed by atoms with Crippen LogP contribution in [0, 0.1) is 0 Å².